The van der Waals surface area contributed by atoms with E-state index in [0.717, 1.165) is 16.5 Å². The Morgan fingerprint density at radius 1 is 1.21 bits per heavy atom. The topological polar surface area (TPSA) is 180 Å². The highest BCUT2D eigenvalue weighted by molar-refractivity contribution is 6.00. The average Bonchev–Trinajstić information content (AvgIpc) is 3.75. The monoisotopic (exact) mass is 588 g/mol. The second-order valence-electron chi connectivity index (χ2n) is 11.1. The van der Waals surface area contributed by atoms with Crippen molar-refractivity contribution in [1.29, 1.82) is 5.26 Å². The van der Waals surface area contributed by atoms with E-state index < -0.39 is 42.8 Å². The van der Waals surface area contributed by atoms with E-state index in [2.05, 4.69) is 27.0 Å². The summed E-state index contributed by atoms with van der Waals surface area (Å²) in [5.41, 5.74) is 2.13. The van der Waals surface area contributed by atoms with E-state index in [4.69, 9.17) is 4.74 Å². The van der Waals surface area contributed by atoms with Crippen LogP contribution in [0.5, 0.6) is 5.75 Å². The molecule has 6 atom stereocenters. The van der Waals surface area contributed by atoms with Gasteiger partial charge < -0.3 is 30.2 Å². The number of hydrogen-bond donors (Lipinski definition) is 6. The van der Waals surface area contributed by atoms with Gasteiger partial charge in [0.05, 0.1) is 25.8 Å². The highest BCUT2D eigenvalue weighted by Crippen LogP contribution is 2.35. The maximum Gasteiger partial charge on any atom is 0.317 e. The zero-order chi connectivity index (χ0) is 30.5. The van der Waals surface area contributed by atoms with Crippen LogP contribution in [0.2, 0.25) is 0 Å². The molecule has 0 radical (unpaired) electrons. The molecule has 43 heavy (non-hydrogen) atoms. The minimum absolute atomic E-state index is 0.0542. The van der Waals surface area contributed by atoms with E-state index >= 15 is 0 Å². The fourth-order valence-corrected chi connectivity index (χ4v) is 6.22. The van der Waals surface area contributed by atoms with Gasteiger partial charge in [-0.15, -0.1) is 0 Å². The summed E-state index contributed by atoms with van der Waals surface area (Å²) in [6.45, 7) is 0.405. The zero-order valence-corrected chi connectivity index (χ0v) is 23.8. The third-order valence-corrected chi connectivity index (χ3v) is 8.41. The third-order valence-electron chi connectivity index (χ3n) is 8.41. The number of aliphatic hydroxyl groups excluding tert-OH is 1. The van der Waals surface area contributed by atoms with Crippen molar-refractivity contribution < 1.29 is 29.3 Å². The molecule has 0 spiro atoms. The lowest BCUT2D eigenvalue weighted by Gasteiger charge is -2.33. The molecular weight excluding hydrogens is 552 g/mol. The van der Waals surface area contributed by atoms with Gasteiger partial charge in [0.15, 0.2) is 0 Å². The van der Waals surface area contributed by atoms with E-state index in [-0.39, 0.29) is 24.2 Å². The number of hydrogen-bond acceptors (Lipinski definition) is 8. The van der Waals surface area contributed by atoms with Crippen LogP contribution >= 0.6 is 0 Å². The molecule has 2 fully saturated rings. The highest BCUT2D eigenvalue weighted by atomic mass is 16.5. The van der Waals surface area contributed by atoms with Gasteiger partial charge in [-0.25, -0.2) is 0 Å². The van der Waals surface area contributed by atoms with Crippen molar-refractivity contribution in [3.63, 3.8) is 0 Å². The van der Waals surface area contributed by atoms with E-state index in [1.54, 1.807) is 18.1 Å². The summed E-state index contributed by atoms with van der Waals surface area (Å²) in [6.07, 6.45) is -0.0473. The van der Waals surface area contributed by atoms with Crippen LogP contribution in [0.4, 0.5) is 0 Å². The maximum atomic E-state index is 14.0. The number of nitrogens with one attached hydrogen (secondary N) is 4. The number of aromatic amines is 1. The van der Waals surface area contributed by atoms with Crippen LogP contribution < -0.4 is 20.7 Å². The van der Waals surface area contributed by atoms with Gasteiger partial charge in [0.25, 0.3) is 5.91 Å². The second kappa shape index (κ2) is 13.2. The number of aromatic nitrogens is 1. The minimum atomic E-state index is -1.27. The van der Waals surface area contributed by atoms with Crippen molar-refractivity contribution >= 4 is 28.7 Å². The van der Waals surface area contributed by atoms with Crippen molar-refractivity contribution in [2.24, 2.45) is 5.92 Å². The molecule has 12 nitrogen and oxygen atoms in total. The predicted molar refractivity (Wildman–Crippen MR) is 157 cm³/mol. The molecule has 226 valence electrons. The van der Waals surface area contributed by atoms with Crippen molar-refractivity contribution in [2.45, 2.75) is 49.5 Å². The van der Waals surface area contributed by atoms with Gasteiger partial charge >= 0.3 is 5.97 Å². The van der Waals surface area contributed by atoms with Gasteiger partial charge in [0, 0.05) is 41.9 Å². The summed E-state index contributed by atoms with van der Waals surface area (Å²) >= 11 is 0. The summed E-state index contributed by atoms with van der Waals surface area (Å²) in [5, 5.41) is 40.1. The summed E-state index contributed by atoms with van der Waals surface area (Å²) in [7, 11) is 1.57. The van der Waals surface area contributed by atoms with Crippen LogP contribution in [0.1, 0.15) is 41.2 Å². The van der Waals surface area contributed by atoms with Crippen molar-refractivity contribution in [3.05, 3.63) is 65.9 Å². The Hall–Kier alpha value is -4.44. The van der Waals surface area contributed by atoms with Crippen LogP contribution in [-0.2, 0) is 9.59 Å². The van der Waals surface area contributed by atoms with Crippen LogP contribution in [-0.4, -0.2) is 89.0 Å². The van der Waals surface area contributed by atoms with Crippen LogP contribution in [0, 0.1) is 17.2 Å². The van der Waals surface area contributed by atoms with E-state index in [0.29, 0.717) is 37.4 Å². The molecule has 2 aliphatic heterocycles. The van der Waals surface area contributed by atoms with E-state index in [1.165, 1.54) is 0 Å². The Labute approximate surface area is 249 Å². The first-order chi connectivity index (χ1) is 20.8. The molecule has 2 saturated heterocycles. The number of aliphatic carboxylic acids is 1. The molecule has 1 aromatic heterocycles. The van der Waals surface area contributed by atoms with Gasteiger partial charge in [-0.1, -0.05) is 36.4 Å². The summed E-state index contributed by atoms with van der Waals surface area (Å²) in [4.78, 5) is 42.5. The van der Waals surface area contributed by atoms with E-state index in [9.17, 15) is 29.9 Å². The van der Waals surface area contributed by atoms with Gasteiger partial charge in [0.2, 0.25) is 5.91 Å². The number of carbonyl (C=O) groups is 3. The zero-order valence-electron chi connectivity index (χ0n) is 23.8. The maximum absolute atomic E-state index is 14.0. The van der Waals surface area contributed by atoms with Gasteiger partial charge in [0.1, 0.15) is 23.7 Å². The van der Waals surface area contributed by atoms with Crippen molar-refractivity contribution in [1.82, 2.24) is 25.8 Å². The number of rotatable bonds is 12. The molecule has 3 heterocycles. The fraction of sp³-hybridized carbons (Fsp3) is 0.419. The molecule has 0 aliphatic carbocycles. The number of carbonyl (C=O) groups excluding carboxylic acids is 2. The van der Waals surface area contributed by atoms with Crippen LogP contribution in [0.3, 0.4) is 0 Å². The molecule has 6 N–H and O–H groups in total. The first-order valence-electron chi connectivity index (χ1n) is 14.4. The number of ether oxygens (including phenoxy) is 1. The third kappa shape index (κ3) is 6.64. The van der Waals surface area contributed by atoms with Crippen LogP contribution in [0.15, 0.2) is 54.6 Å². The average molecular weight is 589 g/mol. The van der Waals surface area contributed by atoms with Crippen LogP contribution in [0.25, 0.3) is 10.9 Å². The lowest BCUT2D eigenvalue weighted by Crippen LogP contribution is -2.57. The summed E-state index contributed by atoms with van der Waals surface area (Å²) in [5.74, 6) is -1.40. The number of carboxylic acids is 1. The quantitative estimate of drug-likeness (QED) is 0.171. The Kier molecular flexibility index (Phi) is 9.25. The Morgan fingerprint density at radius 2 is 2.00 bits per heavy atom. The number of nitriles is 1. The normalized spacial score (nSPS) is 22.1. The second-order valence-corrected chi connectivity index (χ2v) is 11.1. The molecule has 0 bridgehead atoms. The smallest absolute Gasteiger partial charge is 0.317 e. The number of aliphatic hydroxyl groups is 1. The van der Waals surface area contributed by atoms with Gasteiger partial charge in [-0.05, 0) is 43.0 Å². The standard InChI is InChI=1S/C31H36N6O6/c1-43-27-9-5-8-22-21(27)14-24(35-22)31(42)37-17-20(18-6-3-2-4-7-18)13-26(37)30(41)36-23(12-19-10-11-33-29(19)40)25(15-32)34-16-28(38)39/h2-9,14,19-20,23,25-26,30,34-36,41H,10-13,16-17H2,1H3,(H,33,40)(H,38,39). The largest absolute Gasteiger partial charge is 0.496 e. The lowest BCUT2D eigenvalue weighted by molar-refractivity contribution is -0.136. The minimum Gasteiger partial charge on any atom is -0.496 e. The Balaban J connectivity index is 1.43. The highest BCUT2D eigenvalue weighted by Gasteiger charge is 2.42. The van der Waals surface area contributed by atoms with Crippen molar-refractivity contribution in [2.75, 3.05) is 26.7 Å². The molecule has 0 saturated carbocycles. The van der Waals surface area contributed by atoms with Gasteiger partial charge in [-0.2, -0.15) is 5.26 Å². The molecular formula is C31H36N6O6. The first-order valence-corrected chi connectivity index (χ1v) is 14.4. The Morgan fingerprint density at radius 3 is 2.67 bits per heavy atom. The number of likely N-dealkylation sites (tertiary alicyclic amines) is 1. The fourth-order valence-electron chi connectivity index (χ4n) is 6.22. The molecule has 2 aromatic carbocycles. The number of H-pyrrole nitrogens is 1. The number of nitrogens with zero attached hydrogens (tertiary/aromatic N) is 2. The number of amides is 2. The SMILES string of the molecule is COc1cccc2[nH]c(C(=O)N3CC(c4ccccc4)CC3C(O)NC(CC3CCNC3=O)C(C#N)NCC(=O)O)cc12. The van der Waals surface area contributed by atoms with Gasteiger partial charge in [-0.3, -0.25) is 25.0 Å². The number of methoxy groups -OCH3 is 1. The number of carboxylic acid groups (broad SMARTS) is 1. The molecule has 2 aliphatic rings. The summed E-state index contributed by atoms with van der Waals surface area (Å²) in [6, 6.07) is 16.7. The molecule has 3 aromatic rings. The Bertz CT molecular complexity index is 1500. The molecule has 6 unspecified atom stereocenters. The number of fused-ring (bicyclic) bond motifs is 1. The molecule has 2 amide bonds. The van der Waals surface area contributed by atoms with Crippen molar-refractivity contribution in [3.8, 4) is 11.8 Å². The molecule has 5 rings (SSSR count). The lowest BCUT2D eigenvalue weighted by atomic mass is 9.92. The molecule has 12 heteroatoms. The predicted octanol–water partition coefficient (Wildman–Crippen LogP) is 1.54. The number of benzene rings is 2. The summed E-state index contributed by atoms with van der Waals surface area (Å²) < 4.78 is 5.46. The van der Waals surface area contributed by atoms with E-state index in [1.807, 2.05) is 48.5 Å². The first kappa shape index (κ1) is 30.0.